The van der Waals surface area contributed by atoms with Crippen molar-refractivity contribution in [2.75, 3.05) is 0 Å². The van der Waals surface area contributed by atoms with Gasteiger partial charge in [-0.2, -0.15) is 0 Å². The van der Waals surface area contributed by atoms with Crippen LogP contribution in [0.2, 0.25) is 10.0 Å². The van der Waals surface area contributed by atoms with Crippen molar-refractivity contribution in [3.63, 3.8) is 0 Å². The molecule has 0 aliphatic carbocycles. The summed E-state index contributed by atoms with van der Waals surface area (Å²) in [4.78, 5) is 23.1. The number of hydrogen-bond donors (Lipinski definition) is 1. The van der Waals surface area contributed by atoms with Gasteiger partial charge in [-0.05, 0) is 23.8 Å². The highest BCUT2D eigenvalue weighted by atomic mass is 35.5. The Labute approximate surface area is 125 Å². The number of rotatable bonds is 4. The van der Waals surface area contributed by atoms with Gasteiger partial charge in [0, 0.05) is 25.2 Å². The number of aromatic carboxylic acids is 1. The van der Waals surface area contributed by atoms with Crippen molar-refractivity contribution in [3.8, 4) is 0 Å². The van der Waals surface area contributed by atoms with Gasteiger partial charge in [0.25, 0.3) is 0 Å². The van der Waals surface area contributed by atoms with E-state index in [0.717, 1.165) is 5.56 Å². The number of ketones is 1. The minimum atomic E-state index is -1.07. The smallest absolute Gasteiger partial charge is 0.352 e. The number of halogens is 2. The number of carbonyl (C=O) groups excluding carboxylic acids is 1. The maximum absolute atomic E-state index is 12.1. The molecule has 1 heterocycles. The summed E-state index contributed by atoms with van der Waals surface area (Å²) in [6.45, 7) is 0. The number of benzene rings is 1. The zero-order valence-corrected chi connectivity index (χ0v) is 12.1. The van der Waals surface area contributed by atoms with E-state index in [2.05, 4.69) is 0 Å². The average Bonchev–Trinajstić information content (AvgIpc) is 2.76. The molecule has 0 spiro atoms. The first-order chi connectivity index (χ1) is 9.38. The van der Waals surface area contributed by atoms with E-state index in [1.54, 1.807) is 25.2 Å². The van der Waals surface area contributed by atoms with E-state index in [4.69, 9.17) is 28.3 Å². The third-order valence-corrected chi connectivity index (χ3v) is 3.63. The van der Waals surface area contributed by atoms with Crippen molar-refractivity contribution < 1.29 is 14.7 Å². The number of carboxylic acid groups (broad SMARTS) is 1. The van der Waals surface area contributed by atoms with Crippen LogP contribution in [0.1, 0.15) is 26.4 Å². The van der Waals surface area contributed by atoms with Crippen molar-refractivity contribution in [3.05, 3.63) is 57.3 Å². The van der Waals surface area contributed by atoms with E-state index in [9.17, 15) is 9.59 Å². The van der Waals surface area contributed by atoms with Gasteiger partial charge in [-0.15, -0.1) is 0 Å². The van der Waals surface area contributed by atoms with Crippen LogP contribution in [0.4, 0.5) is 0 Å². The van der Waals surface area contributed by atoms with Crippen molar-refractivity contribution >= 4 is 35.0 Å². The highest BCUT2D eigenvalue weighted by Crippen LogP contribution is 2.23. The van der Waals surface area contributed by atoms with E-state index >= 15 is 0 Å². The summed E-state index contributed by atoms with van der Waals surface area (Å²) in [6.07, 6.45) is 1.64. The number of carbonyl (C=O) groups is 2. The van der Waals surface area contributed by atoms with Crippen LogP contribution >= 0.6 is 23.2 Å². The second-order valence-corrected chi connectivity index (χ2v) is 5.19. The van der Waals surface area contributed by atoms with Crippen LogP contribution in [0.3, 0.4) is 0 Å². The van der Waals surface area contributed by atoms with Crippen molar-refractivity contribution in [2.45, 2.75) is 6.42 Å². The molecule has 0 aliphatic rings. The van der Waals surface area contributed by atoms with Gasteiger partial charge >= 0.3 is 5.97 Å². The lowest BCUT2D eigenvalue weighted by Crippen LogP contribution is -2.02. The predicted molar refractivity (Wildman–Crippen MR) is 76.9 cm³/mol. The van der Waals surface area contributed by atoms with Crippen LogP contribution in [0, 0.1) is 0 Å². The van der Waals surface area contributed by atoms with Crippen LogP contribution in [-0.2, 0) is 13.5 Å². The maximum Gasteiger partial charge on any atom is 0.352 e. The van der Waals surface area contributed by atoms with Gasteiger partial charge in [0.2, 0.25) is 0 Å². The minimum Gasteiger partial charge on any atom is -0.477 e. The lowest BCUT2D eigenvalue weighted by molar-refractivity contribution is 0.0686. The average molecular weight is 312 g/mol. The molecular weight excluding hydrogens is 301 g/mol. The van der Waals surface area contributed by atoms with Crippen molar-refractivity contribution in [1.29, 1.82) is 0 Å². The van der Waals surface area contributed by atoms with Gasteiger partial charge in [-0.25, -0.2) is 4.79 Å². The van der Waals surface area contributed by atoms with Crippen LogP contribution in [0.5, 0.6) is 0 Å². The number of Topliss-reactive ketones (excluding diaryl/α,β-unsaturated/α-hetero) is 1. The molecule has 0 saturated carbocycles. The summed E-state index contributed by atoms with van der Waals surface area (Å²) in [6, 6.07) is 6.33. The summed E-state index contributed by atoms with van der Waals surface area (Å²) in [5.74, 6) is -1.24. The third kappa shape index (κ3) is 3.03. The Morgan fingerprint density at radius 2 is 1.90 bits per heavy atom. The summed E-state index contributed by atoms with van der Waals surface area (Å²) in [7, 11) is 1.58. The first-order valence-corrected chi connectivity index (χ1v) is 6.51. The molecule has 6 heteroatoms. The van der Waals surface area contributed by atoms with E-state index < -0.39 is 5.97 Å². The summed E-state index contributed by atoms with van der Waals surface area (Å²) in [5, 5.41) is 9.77. The van der Waals surface area contributed by atoms with E-state index in [1.165, 1.54) is 16.8 Å². The zero-order valence-electron chi connectivity index (χ0n) is 10.6. The molecule has 104 valence electrons. The Balaban J connectivity index is 2.21. The molecule has 20 heavy (non-hydrogen) atoms. The topological polar surface area (TPSA) is 59.3 Å². The lowest BCUT2D eigenvalue weighted by Gasteiger charge is -2.01. The summed E-state index contributed by atoms with van der Waals surface area (Å²) < 4.78 is 1.41. The monoisotopic (exact) mass is 311 g/mol. The fourth-order valence-corrected chi connectivity index (χ4v) is 2.19. The number of carboxylic acids is 1. The van der Waals surface area contributed by atoms with Crippen LogP contribution < -0.4 is 0 Å². The van der Waals surface area contributed by atoms with E-state index in [0.29, 0.717) is 15.6 Å². The molecule has 0 bridgehead atoms. The molecule has 0 radical (unpaired) electrons. The summed E-state index contributed by atoms with van der Waals surface area (Å²) >= 11 is 11.7. The Morgan fingerprint density at radius 3 is 2.45 bits per heavy atom. The minimum absolute atomic E-state index is 0.0717. The highest BCUT2D eigenvalue weighted by Gasteiger charge is 2.15. The van der Waals surface area contributed by atoms with Gasteiger partial charge in [0.05, 0.1) is 10.0 Å². The molecule has 1 aromatic heterocycles. The van der Waals surface area contributed by atoms with Crippen LogP contribution in [-0.4, -0.2) is 21.4 Å². The molecular formula is C14H11Cl2NO3. The molecule has 0 fully saturated rings. The van der Waals surface area contributed by atoms with Gasteiger partial charge in [-0.3, -0.25) is 4.79 Å². The molecule has 0 atom stereocenters. The molecule has 1 N–H and O–H groups in total. The normalized spacial score (nSPS) is 10.6. The number of aromatic nitrogens is 1. The highest BCUT2D eigenvalue weighted by molar-refractivity contribution is 6.42. The number of nitrogens with zero attached hydrogens (tertiary/aromatic N) is 1. The predicted octanol–water partition coefficient (Wildman–Crippen LogP) is 3.46. The van der Waals surface area contributed by atoms with Gasteiger partial charge < -0.3 is 9.67 Å². The quantitative estimate of drug-likeness (QED) is 0.880. The standard InChI is InChI=1S/C14H11Cl2NO3/c1-17-7-9(6-12(17)14(19)20)13(18)5-8-2-3-10(15)11(16)4-8/h2-4,6-7H,5H2,1H3,(H,19,20). The van der Waals surface area contributed by atoms with Gasteiger partial charge in [0.15, 0.2) is 5.78 Å². The summed E-state index contributed by atoms with van der Waals surface area (Å²) in [5.41, 5.74) is 1.16. The largest absolute Gasteiger partial charge is 0.477 e. The van der Waals surface area contributed by atoms with Gasteiger partial charge in [0.1, 0.15) is 5.69 Å². The first-order valence-electron chi connectivity index (χ1n) is 5.75. The molecule has 2 rings (SSSR count). The molecule has 1 aromatic carbocycles. The third-order valence-electron chi connectivity index (χ3n) is 2.89. The van der Waals surface area contributed by atoms with Gasteiger partial charge in [-0.1, -0.05) is 29.3 Å². The van der Waals surface area contributed by atoms with Crippen molar-refractivity contribution in [1.82, 2.24) is 4.57 Å². The number of hydrogen-bond acceptors (Lipinski definition) is 2. The lowest BCUT2D eigenvalue weighted by atomic mass is 10.1. The Morgan fingerprint density at radius 1 is 1.20 bits per heavy atom. The second-order valence-electron chi connectivity index (χ2n) is 4.38. The van der Waals surface area contributed by atoms with Crippen molar-refractivity contribution in [2.24, 2.45) is 7.05 Å². The molecule has 2 aromatic rings. The Hall–Kier alpha value is -1.78. The molecule has 0 saturated heterocycles. The second kappa shape index (κ2) is 5.69. The maximum atomic E-state index is 12.1. The van der Waals surface area contributed by atoms with E-state index in [-0.39, 0.29) is 17.9 Å². The van der Waals surface area contributed by atoms with Crippen LogP contribution in [0.15, 0.2) is 30.5 Å². The zero-order chi connectivity index (χ0) is 14.9. The molecule has 4 nitrogen and oxygen atoms in total. The fraction of sp³-hybridized carbons (Fsp3) is 0.143. The molecule has 0 aliphatic heterocycles. The SMILES string of the molecule is Cn1cc(C(=O)Cc2ccc(Cl)c(Cl)c2)cc1C(=O)O. The Kier molecular flexibility index (Phi) is 4.16. The Bertz CT molecular complexity index is 692. The molecule has 0 unspecified atom stereocenters. The fourth-order valence-electron chi connectivity index (χ4n) is 1.87. The van der Waals surface area contributed by atoms with E-state index in [1.807, 2.05) is 0 Å². The molecule has 0 amide bonds. The first kappa shape index (κ1) is 14.6. The number of aryl methyl sites for hydroxylation is 1. The van der Waals surface area contributed by atoms with Crippen LogP contribution in [0.25, 0.3) is 0 Å².